The molecule has 16 heavy (non-hydrogen) atoms. The summed E-state index contributed by atoms with van der Waals surface area (Å²) in [5.41, 5.74) is 0. The minimum atomic E-state index is 0.830. The molecular formula is C16H34. The average molecular weight is 226 g/mol. The van der Waals surface area contributed by atoms with E-state index in [4.69, 9.17) is 0 Å². The van der Waals surface area contributed by atoms with E-state index in [2.05, 4.69) is 48.5 Å². The van der Waals surface area contributed by atoms with Gasteiger partial charge in [-0.05, 0) is 36.0 Å². The lowest BCUT2D eigenvalue weighted by molar-refractivity contribution is 0.158. The maximum atomic E-state index is 2.46. The normalized spacial score (nSPS) is 19.5. The molecule has 0 radical (unpaired) electrons. The van der Waals surface area contributed by atoms with Crippen LogP contribution in [0.15, 0.2) is 0 Å². The van der Waals surface area contributed by atoms with Crippen molar-refractivity contribution in [2.45, 2.75) is 74.1 Å². The zero-order chi connectivity index (χ0) is 12.7. The molecule has 0 nitrogen and oxygen atoms in total. The van der Waals surface area contributed by atoms with Gasteiger partial charge in [0, 0.05) is 0 Å². The molecule has 0 spiro atoms. The molecule has 0 bridgehead atoms. The molecule has 0 aromatic rings. The molecule has 0 amide bonds. The fourth-order valence-corrected chi connectivity index (χ4v) is 2.96. The van der Waals surface area contributed by atoms with Crippen molar-refractivity contribution < 1.29 is 0 Å². The van der Waals surface area contributed by atoms with Crippen LogP contribution in [0.1, 0.15) is 74.1 Å². The van der Waals surface area contributed by atoms with E-state index in [1.54, 1.807) is 0 Å². The predicted molar refractivity (Wildman–Crippen MR) is 75.6 cm³/mol. The lowest BCUT2D eigenvalue weighted by Crippen LogP contribution is -2.25. The first-order chi connectivity index (χ1) is 7.47. The van der Waals surface area contributed by atoms with E-state index in [9.17, 15) is 0 Å². The van der Waals surface area contributed by atoms with Gasteiger partial charge in [-0.15, -0.1) is 0 Å². The molecule has 0 saturated carbocycles. The van der Waals surface area contributed by atoms with Gasteiger partial charge in [0.25, 0.3) is 0 Å². The van der Waals surface area contributed by atoms with E-state index >= 15 is 0 Å². The molecule has 0 fully saturated rings. The van der Waals surface area contributed by atoms with E-state index in [1.165, 1.54) is 25.7 Å². The third-order valence-corrected chi connectivity index (χ3v) is 4.73. The third-order valence-electron chi connectivity index (χ3n) is 4.73. The first kappa shape index (κ1) is 16.0. The molecule has 4 atom stereocenters. The average Bonchev–Trinajstić information content (AvgIpc) is 2.27. The topological polar surface area (TPSA) is 0 Å². The Kier molecular flexibility index (Phi) is 8.14. The van der Waals surface area contributed by atoms with Crippen molar-refractivity contribution in [3.05, 3.63) is 0 Å². The SMILES string of the molecule is CCC(C)CC(CC)C(CC)C(C)C(C)C. The van der Waals surface area contributed by atoms with Crippen molar-refractivity contribution in [1.29, 1.82) is 0 Å². The van der Waals surface area contributed by atoms with Crippen LogP contribution in [0.4, 0.5) is 0 Å². The van der Waals surface area contributed by atoms with E-state index in [1.807, 2.05) is 0 Å². The molecule has 0 aromatic carbocycles. The number of hydrogen-bond acceptors (Lipinski definition) is 0. The quantitative estimate of drug-likeness (QED) is 0.493. The summed E-state index contributed by atoms with van der Waals surface area (Å²) >= 11 is 0. The van der Waals surface area contributed by atoms with Crippen LogP contribution >= 0.6 is 0 Å². The largest absolute Gasteiger partial charge is 0.0651 e. The molecule has 0 heterocycles. The van der Waals surface area contributed by atoms with Crippen LogP contribution in [0.25, 0.3) is 0 Å². The first-order valence-corrected chi connectivity index (χ1v) is 7.47. The Bertz CT molecular complexity index is 159. The Hall–Kier alpha value is 0. The monoisotopic (exact) mass is 226 g/mol. The fourth-order valence-electron chi connectivity index (χ4n) is 2.96. The summed E-state index contributed by atoms with van der Waals surface area (Å²) in [6, 6.07) is 0. The van der Waals surface area contributed by atoms with Gasteiger partial charge in [-0.3, -0.25) is 0 Å². The minimum Gasteiger partial charge on any atom is -0.0651 e. The van der Waals surface area contributed by atoms with Crippen LogP contribution in [0.2, 0.25) is 0 Å². The Morgan fingerprint density at radius 1 is 0.750 bits per heavy atom. The summed E-state index contributed by atoms with van der Waals surface area (Å²) in [4.78, 5) is 0. The van der Waals surface area contributed by atoms with Crippen LogP contribution in [0.5, 0.6) is 0 Å². The van der Waals surface area contributed by atoms with Crippen LogP contribution in [-0.2, 0) is 0 Å². The molecule has 98 valence electrons. The Morgan fingerprint density at radius 2 is 1.31 bits per heavy atom. The predicted octanol–water partition coefficient (Wildman–Crippen LogP) is 5.77. The van der Waals surface area contributed by atoms with E-state index in [0.717, 1.165) is 29.6 Å². The summed E-state index contributed by atoms with van der Waals surface area (Å²) in [5, 5.41) is 0. The molecule has 4 unspecified atom stereocenters. The maximum absolute atomic E-state index is 2.46. The lowest BCUT2D eigenvalue weighted by atomic mass is 9.71. The smallest absolute Gasteiger partial charge is 0.0360 e. The van der Waals surface area contributed by atoms with Gasteiger partial charge < -0.3 is 0 Å². The molecule has 0 aromatic heterocycles. The summed E-state index contributed by atoms with van der Waals surface area (Å²) in [6.07, 6.45) is 5.49. The highest BCUT2D eigenvalue weighted by Crippen LogP contribution is 2.35. The van der Waals surface area contributed by atoms with Gasteiger partial charge in [0.1, 0.15) is 0 Å². The molecule has 0 aliphatic carbocycles. The second-order valence-electron chi connectivity index (χ2n) is 6.09. The Balaban J connectivity index is 4.49. The molecule has 0 heteroatoms. The van der Waals surface area contributed by atoms with Crippen molar-refractivity contribution in [3.8, 4) is 0 Å². The highest BCUT2D eigenvalue weighted by Gasteiger charge is 2.26. The van der Waals surface area contributed by atoms with E-state index in [-0.39, 0.29) is 0 Å². The first-order valence-electron chi connectivity index (χ1n) is 7.47. The fraction of sp³-hybridized carbons (Fsp3) is 1.00. The Morgan fingerprint density at radius 3 is 1.62 bits per heavy atom. The van der Waals surface area contributed by atoms with Crippen molar-refractivity contribution in [2.24, 2.45) is 29.6 Å². The summed E-state index contributed by atoms with van der Waals surface area (Å²) < 4.78 is 0. The lowest BCUT2D eigenvalue weighted by Gasteiger charge is -2.34. The highest BCUT2D eigenvalue weighted by molar-refractivity contribution is 4.76. The molecular weight excluding hydrogens is 192 g/mol. The van der Waals surface area contributed by atoms with Gasteiger partial charge in [0.05, 0.1) is 0 Å². The molecule has 0 aliphatic heterocycles. The van der Waals surface area contributed by atoms with E-state index < -0.39 is 0 Å². The van der Waals surface area contributed by atoms with Crippen molar-refractivity contribution >= 4 is 0 Å². The van der Waals surface area contributed by atoms with Gasteiger partial charge in [0.2, 0.25) is 0 Å². The van der Waals surface area contributed by atoms with Gasteiger partial charge in [-0.2, -0.15) is 0 Å². The molecule has 0 saturated heterocycles. The van der Waals surface area contributed by atoms with Crippen molar-refractivity contribution in [3.63, 3.8) is 0 Å². The number of rotatable bonds is 8. The second-order valence-corrected chi connectivity index (χ2v) is 6.09. The summed E-state index contributed by atoms with van der Waals surface area (Å²) in [6.45, 7) is 16.7. The highest BCUT2D eigenvalue weighted by atomic mass is 14.3. The molecule has 0 N–H and O–H groups in total. The van der Waals surface area contributed by atoms with E-state index in [0.29, 0.717) is 0 Å². The maximum Gasteiger partial charge on any atom is -0.0360 e. The second kappa shape index (κ2) is 8.14. The standard InChI is InChI=1S/C16H34/c1-8-13(6)11-15(9-2)16(10-3)14(7)12(4)5/h12-16H,8-11H2,1-7H3. The minimum absolute atomic E-state index is 0.830. The van der Waals surface area contributed by atoms with Gasteiger partial charge >= 0.3 is 0 Å². The van der Waals surface area contributed by atoms with Crippen LogP contribution in [0, 0.1) is 29.6 Å². The zero-order valence-corrected chi connectivity index (χ0v) is 12.7. The van der Waals surface area contributed by atoms with Crippen LogP contribution in [-0.4, -0.2) is 0 Å². The van der Waals surface area contributed by atoms with Crippen LogP contribution in [0.3, 0.4) is 0 Å². The molecule has 0 aliphatic rings. The number of hydrogen-bond donors (Lipinski definition) is 0. The van der Waals surface area contributed by atoms with Gasteiger partial charge in [-0.25, -0.2) is 0 Å². The Labute approximate surface area is 104 Å². The van der Waals surface area contributed by atoms with Crippen LogP contribution < -0.4 is 0 Å². The van der Waals surface area contributed by atoms with Crippen molar-refractivity contribution in [2.75, 3.05) is 0 Å². The third kappa shape index (κ3) is 4.89. The zero-order valence-electron chi connectivity index (χ0n) is 12.7. The summed E-state index contributed by atoms with van der Waals surface area (Å²) in [5.74, 6) is 4.48. The van der Waals surface area contributed by atoms with Gasteiger partial charge in [-0.1, -0.05) is 67.7 Å². The molecule has 0 rings (SSSR count). The van der Waals surface area contributed by atoms with Gasteiger partial charge in [0.15, 0.2) is 0 Å². The summed E-state index contributed by atoms with van der Waals surface area (Å²) in [7, 11) is 0. The van der Waals surface area contributed by atoms with Crippen molar-refractivity contribution in [1.82, 2.24) is 0 Å².